The van der Waals surface area contributed by atoms with Crippen LogP contribution < -0.4 is 5.32 Å². The van der Waals surface area contributed by atoms with Crippen LogP contribution in [0.1, 0.15) is 52.4 Å². The molecule has 0 bridgehead atoms. The van der Waals surface area contributed by atoms with Crippen molar-refractivity contribution in [3.05, 3.63) is 24.3 Å². The predicted octanol–water partition coefficient (Wildman–Crippen LogP) is 3.00. The molecule has 6 heteroatoms. The molecule has 1 saturated heterocycles. The number of carbonyl (C=O) groups is 1. The minimum absolute atomic E-state index is 0.0604. The van der Waals surface area contributed by atoms with Crippen LogP contribution in [0.3, 0.4) is 0 Å². The fourth-order valence-electron chi connectivity index (χ4n) is 4.36. The van der Waals surface area contributed by atoms with E-state index in [0.717, 1.165) is 19.3 Å². The number of rotatable bonds is 7. The average molecular weight is 376 g/mol. The standard InChI is InChI=1S/C21H33N3O3/c1-15(2)27-18-12-8-7-11-17(18)26-14-21(13-16-9-5-4-6-10-16)19(25)24(3)20(22)23-21/h7-8,11-12,15-18H,4-6,9-10,13-14H2,1-3H3,(H2,22,23). The summed E-state index contributed by atoms with van der Waals surface area (Å²) in [5.74, 6) is 0.603. The largest absolute Gasteiger partial charge is 0.368 e. The van der Waals surface area contributed by atoms with Crippen molar-refractivity contribution in [3.63, 3.8) is 0 Å². The zero-order valence-electron chi connectivity index (χ0n) is 16.7. The Kier molecular flexibility index (Phi) is 6.37. The minimum Gasteiger partial charge on any atom is -0.368 e. The van der Waals surface area contributed by atoms with Crippen molar-refractivity contribution >= 4 is 11.9 Å². The van der Waals surface area contributed by atoms with Crippen LogP contribution >= 0.6 is 0 Å². The second-order valence-corrected chi connectivity index (χ2v) is 8.32. The summed E-state index contributed by atoms with van der Waals surface area (Å²) in [6.07, 6.45) is 14.4. The highest BCUT2D eigenvalue weighted by atomic mass is 16.5. The van der Waals surface area contributed by atoms with Gasteiger partial charge in [-0.2, -0.15) is 0 Å². The predicted molar refractivity (Wildman–Crippen MR) is 106 cm³/mol. The molecule has 1 heterocycles. The van der Waals surface area contributed by atoms with E-state index < -0.39 is 5.54 Å². The molecule has 1 amide bonds. The van der Waals surface area contributed by atoms with E-state index >= 15 is 0 Å². The van der Waals surface area contributed by atoms with Crippen LogP contribution in [0.4, 0.5) is 0 Å². The number of amides is 1. The molecule has 3 aliphatic rings. The third-order valence-electron chi connectivity index (χ3n) is 5.76. The van der Waals surface area contributed by atoms with Gasteiger partial charge in [0.2, 0.25) is 0 Å². The molecule has 2 aliphatic carbocycles. The topological polar surface area (TPSA) is 74.7 Å². The Morgan fingerprint density at radius 1 is 1.22 bits per heavy atom. The third-order valence-corrected chi connectivity index (χ3v) is 5.76. The Morgan fingerprint density at radius 2 is 1.89 bits per heavy atom. The summed E-state index contributed by atoms with van der Waals surface area (Å²) in [6, 6.07) is 0. The van der Waals surface area contributed by atoms with Crippen LogP contribution in [0.25, 0.3) is 0 Å². The van der Waals surface area contributed by atoms with Gasteiger partial charge in [-0.3, -0.25) is 15.1 Å². The lowest BCUT2D eigenvalue weighted by Gasteiger charge is -2.35. The molecule has 2 fully saturated rings. The van der Waals surface area contributed by atoms with Crippen molar-refractivity contribution in [1.29, 1.82) is 5.41 Å². The number of ether oxygens (including phenoxy) is 2. The van der Waals surface area contributed by atoms with Gasteiger partial charge in [-0.05, 0) is 26.2 Å². The summed E-state index contributed by atoms with van der Waals surface area (Å²) >= 11 is 0. The molecule has 27 heavy (non-hydrogen) atoms. The Hall–Kier alpha value is -1.66. The summed E-state index contributed by atoms with van der Waals surface area (Å²) in [5, 5.41) is 11.3. The molecule has 1 saturated carbocycles. The Morgan fingerprint density at radius 3 is 2.48 bits per heavy atom. The number of nitrogens with one attached hydrogen (secondary N) is 2. The van der Waals surface area contributed by atoms with Crippen LogP contribution in [0, 0.1) is 11.3 Å². The van der Waals surface area contributed by atoms with Crippen LogP contribution in [0.5, 0.6) is 0 Å². The first-order valence-electron chi connectivity index (χ1n) is 10.2. The maximum absolute atomic E-state index is 13.0. The normalized spacial score (nSPS) is 31.8. The first-order valence-corrected chi connectivity index (χ1v) is 10.2. The van der Waals surface area contributed by atoms with Gasteiger partial charge in [0.25, 0.3) is 5.91 Å². The maximum atomic E-state index is 13.0. The van der Waals surface area contributed by atoms with Gasteiger partial charge in [0.05, 0.1) is 12.7 Å². The van der Waals surface area contributed by atoms with E-state index in [1.54, 1.807) is 7.05 Å². The van der Waals surface area contributed by atoms with Crippen LogP contribution in [0.2, 0.25) is 0 Å². The van der Waals surface area contributed by atoms with Gasteiger partial charge in [-0.15, -0.1) is 0 Å². The van der Waals surface area contributed by atoms with Crippen molar-refractivity contribution in [3.8, 4) is 0 Å². The number of likely N-dealkylation sites (N-methyl/N-ethyl adjacent to an activating group) is 1. The molecule has 0 aromatic carbocycles. The molecule has 3 atom stereocenters. The average Bonchev–Trinajstić information content (AvgIpc) is 2.85. The van der Waals surface area contributed by atoms with Gasteiger partial charge in [0, 0.05) is 7.05 Å². The number of hydrogen-bond acceptors (Lipinski definition) is 4. The molecule has 150 valence electrons. The second-order valence-electron chi connectivity index (χ2n) is 8.32. The highest BCUT2D eigenvalue weighted by molar-refractivity contribution is 6.07. The lowest BCUT2D eigenvalue weighted by atomic mass is 9.79. The smallest absolute Gasteiger partial charge is 0.257 e. The highest BCUT2D eigenvalue weighted by Gasteiger charge is 2.50. The molecule has 0 aromatic heterocycles. The summed E-state index contributed by atoms with van der Waals surface area (Å²) in [4.78, 5) is 14.4. The Bertz CT molecular complexity index is 610. The minimum atomic E-state index is -0.842. The fraction of sp³-hybridized carbons (Fsp3) is 0.714. The number of hydrogen-bond donors (Lipinski definition) is 2. The lowest BCUT2D eigenvalue weighted by molar-refractivity contribution is -0.136. The molecule has 0 spiro atoms. The van der Waals surface area contributed by atoms with Gasteiger partial charge in [-0.1, -0.05) is 56.4 Å². The SMILES string of the molecule is CC(C)OC1C=CC=CC1OCC1(CC2CCCCC2)NC(=N)N(C)C1=O. The molecular weight excluding hydrogens is 342 g/mol. The van der Waals surface area contributed by atoms with Crippen LogP contribution in [-0.2, 0) is 14.3 Å². The molecule has 2 N–H and O–H groups in total. The van der Waals surface area contributed by atoms with Crippen LogP contribution in [-0.4, -0.2) is 54.3 Å². The van der Waals surface area contributed by atoms with E-state index in [2.05, 4.69) is 5.32 Å². The van der Waals surface area contributed by atoms with E-state index in [-0.39, 0.29) is 36.8 Å². The molecule has 1 aliphatic heterocycles. The molecule has 3 rings (SSSR count). The zero-order valence-corrected chi connectivity index (χ0v) is 16.7. The molecular formula is C21H33N3O3. The van der Waals surface area contributed by atoms with Crippen molar-refractivity contribution in [1.82, 2.24) is 10.2 Å². The van der Waals surface area contributed by atoms with Gasteiger partial charge in [0.15, 0.2) is 5.96 Å². The van der Waals surface area contributed by atoms with E-state index in [1.165, 1.54) is 24.2 Å². The lowest BCUT2D eigenvalue weighted by Crippen LogP contribution is -2.53. The molecule has 0 radical (unpaired) electrons. The van der Waals surface area contributed by atoms with E-state index in [0.29, 0.717) is 5.92 Å². The summed E-state index contributed by atoms with van der Waals surface area (Å²) < 4.78 is 12.2. The second kappa shape index (κ2) is 8.57. The summed E-state index contributed by atoms with van der Waals surface area (Å²) in [5.41, 5.74) is -0.842. The first-order chi connectivity index (χ1) is 12.9. The van der Waals surface area contributed by atoms with Gasteiger partial charge >= 0.3 is 0 Å². The third kappa shape index (κ3) is 4.61. The Balaban J connectivity index is 1.71. The van der Waals surface area contributed by atoms with Crippen LogP contribution in [0.15, 0.2) is 24.3 Å². The number of allylic oxidation sites excluding steroid dienone is 2. The van der Waals surface area contributed by atoms with E-state index in [9.17, 15) is 4.79 Å². The van der Waals surface area contributed by atoms with Crippen molar-refractivity contribution < 1.29 is 14.3 Å². The number of nitrogens with zero attached hydrogens (tertiary/aromatic N) is 1. The van der Waals surface area contributed by atoms with Gasteiger partial charge < -0.3 is 14.8 Å². The quantitative estimate of drug-likeness (QED) is 0.717. The summed E-state index contributed by atoms with van der Waals surface area (Å²) in [6.45, 7) is 4.26. The van der Waals surface area contributed by atoms with Gasteiger partial charge in [0.1, 0.15) is 17.7 Å². The molecule has 0 aromatic rings. The van der Waals surface area contributed by atoms with Crippen molar-refractivity contribution in [2.45, 2.75) is 76.2 Å². The first kappa shape index (κ1) is 20.1. The molecule has 3 unspecified atom stereocenters. The summed E-state index contributed by atoms with van der Waals surface area (Å²) in [7, 11) is 1.66. The van der Waals surface area contributed by atoms with Crippen molar-refractivity contribution in [2.24, 2.45) is 5.92 Å². The zero-order chi connectivity index (χ0) is 19.4. The monoisotopic (exact) mass is 375 g/mol. The van der Waals surface area contributed by atoms with E-state index in [1.807, 2.05) is 38.2 Å². The van der Waals surface area contributed by atoms with E-state index in [4.69, 9.17) is 14.9 Å². The van der Waals surface area contributed by atoms with Gasteiger partial charge in [-0.25, -0.2) is 0 Å². The maximum Gasteiger partial charge on any atom is 0.257 e. The number of carbonyl (C=O) groups excluding carboxylic acids is 1. The fourth-order valence-corrected chi connectivity index (χ4v) is 4.36. The molecule has 6 nitrogen and oxygen atoms in total. The van der Waals surface area contributed by atoms with Crippen molar-refractivity contribution in [2.75, 3.05) is 13.7 Å². The Labute approximate surface area is 162 Å². The number of guanidine groups is 1. The highest BCUT2D eigenvalue weighted by Crippen LogP contribution is 2.34.